The summed E-state index contributed by atoms with van der Waals surface area (Å²) in [5.74, 6) is 2.65. The number of fused-ring (bicyclic) bond motifs is 2. The molecule has 4 nitrogen and oxygen atoms in total. The molecule has 21 heavy (non-hydrogen) atoms. The van der Waals surface area contributed by atoms with Crippen molar-refractivity contribution < 1.29 is 0 Å². The van der Waals surface area contributed by atoms with E-state index in [1.807, 2.05) is 0 Å². The predicted molar refractivity (Wildman–Crippen MR) is 86.7 cm³/mol. The SMILES string of the molecule is CCCc1cc(NCC)nc(C2CC3CCC(C2)N3C)n1. The van der Waals surface area contributed by atoms with Gasteiger partial charge in [-0.15, -0.1) is 0 Å². The van der Waals surface area contributed by atoms with Crippen LogP contribution in [0.3, 0.4) is 0 Å². The fourth-order valence-electron chi connectivity index (χ4n) is 3.98. The number of aryl methyl sites for hydroxylation is 1. The summed E-state index contributed by atoms with van der Waals surface area (Å²) in [4.78, 5) is 12.3. The van der Waals surface area contributed by atoms with Gasteiger partial charge in [0, 0.05) is 36.3 Å². The number of nitrogens with one attached hydrogen (secondary N) is 1. The molecule has 116 valence electrons. The predicted octanol–water partition coefficient (Wildman–Crippen LogP) is 3.20. The van der Waals surface area contributed by atoms with Crippen LogP contribution in [0.25, 0.3) is 0 Å². The third kappa shape index (κ3) is 3.05. The van der Waals surface area contributed by atoms with Gasteiger partial charge in [-0.2, -0.15) is 0 Å². The molecule has 2 aliphatic rings. The van der Waals surface area contributed by atoms with E-state index in [4.69, 9.17) is 9.97 Å². The Morgan fingerprint density at radius 2 is 1.90 bits per heavy atom. The Morgan fingerprint density at radius 3 is 2.52 bits per heavy atom. The molecule has 0 saturated carbocycles. The molecule has 0 amide bonds. The highest BCUT2D eigenvalue weighted by Gasteiger charge is 2.39. The highest BCUT2D eigenvalue weighted by Crippen LogP contribution is 2.41. The molecule has 0 radical (unpaired) electrons. The lowest BCUT2D eigenvalue weighted by Gasteiger charge is -2.35. The van der Waals surface area contributed by atoms with E-state index in [0.717, 1.165) is 43.1 Å². The summed E-state index contributed by atoms with van der Waals surface area (Å²) in [7, 11) is 2.29. The van der Waals surface area contributed by atoms with Gasteiger partial charge in [-0.05, 0) is 46.1 Å². The zero-order valence-corrected chi connectivity index (χ0v) is 13.6. The normalized spacial score (nSPS) is 28.8. The fourth-order valence-corrected chi connectivity index (χ4v) is 3.98. The molecule has 1 aromatic heterocycles. The summed E-state index contributed by atoms with van der Waals surface area (Å²) in [5, 5.41) is 3.37. The first kappa shape index (κ1) is 14.8. The minimum absolute atomic E-state index is 0.549. The summed E-state index contributed by atoms with van der Waals surface area (Å²) in [6.07, 6.45) is 7.36. The van der Waals surface area contributed by atoms with E-state index >= 15 is 0 Å². The molecule has 2 atom stereocenters. The second-order valence-electron chi connectivity index (χ2n) is 6.60. The van der Waals surface area contributed by atoms with E-state index in [1.54, 1.807) is 0 Å². The number of rotatable bonds is 5. The second kappa shape index (κ2) is 6.30. The average Bonchev–Trinajstić information content (AvgIpc) is 2.70. The third-order valence-corrected chi connectivity index (χ3v) is 5.12. The monoisotopic (exact) mass is 288 g/mol. The summed E-state index contributed by atoms with van der Waals surface area (Å²) in [6, 6.07) is 3.62. The number of anilines is 1. The van der Waals surface area contributed by atoms with Gasteiger partial charge in [0.15, 0.2) is 0 Å². The Kier molecular flexibility index (Phi) is 4.43. The standard InChI is InChI=1S/C17H28N4/c1-4-6-13-11-16(18-5-2)20-17(19-13)12-9-14-7-8-15(10-12)21(14)3/h11-12,14-15H,4-10H2,1-3H3,(H,18,19,20). The number of hydrogen-bond donors (Lipinski definition) is 1. The van der Waals surface area contributed by atoms with Gasteiger partial charge in [-0.3, -0.25) is 0 Å². The van der Waals surface area contributed by atoms with Crippen molar-refractivity contribution in [3.63, 3.8) is 0 Å². The van der Waals surface area contributed by atoms with Crippen molar-refractivity contribution in [3.05, 3.63) is 17.6 Å². The molecule has 1 N–H and O–H groups in total. The van der Waals surface area contributed by atoms with Crippen LogP contribution in [-0.4, -0.2) is 40.5 Å². The minimum atomic E-state index is 0.549. The highest BCUT2D eigenvalue weighted by atomic mass is 15.2. The third-order valence-electron chi connectivity index (χ3n) is 5.12. The van der Waals surface area contributed by atoms with Gasteiger partial charge in [0.1, 0.15) is 11.6 Å². The maximum absolute atomic E-state index is 4.88. The van der Waals surface area contributed by atoms with Crippen LogP contribution in [0.5, 0.6) is 0 Å². The number of hydrogen-bond acceptors (Lipinski definition) is 4. The minimum Gasteiger partial charge on any atom is -0.370 e. The summed E-state index contributed by atoms with van der Waals surface area (Å²) in [6.45, 7) is 5.25. The molecule has 1 aromatic rings. The van der Waals surface area contributed by atoms with Gasteiger partial charge in [-0.1, -0.05) is 13.3 Å². The van der Waals surface area contributed by atoms with Crippen LogP contribution in [0.15, 0.2) is 6.07 Å². The smallest absolute Gasteiger partial charge is 0.134 e. The lowest BCUT2D eigenvalue weighted by Crippen LogP contribution is -2.39. The van der Waals surface area contributed by atoms with Crippen molar-refractivity contribution in [1.29, 1.82) is 0 Å². The molecule has 2 bridgehead atoms. The van der Waals surface area contributed by atoms with Crippen LogP contribution in [-0.2, 0) is 6.42 Å². The van der Waals surface area contributed by atoms with Crippen molar-refractivity contribution in [2.24, 2.45) is 0 Å². The van der Waals surface area contributed by atoms with Gasteiger partial charge >= 0.3 is 0 Å². The first-order valence-corrected chi connectivity index (χ1v) is 8.54. The van der Waals surface area contributed by atoms with Crippen molar-refractivity contribution in [3.8, 4) is 0 Å². The molecule has 0 spiro atoms. The highest BCUT2D eigenvalue weighted by molar-refractivity contribution is 5.36. The Hall–Kier alpha value is -1.16. The number of nitrogens with zero attached hydrogens (tertiary/aromatic N) is 3. The number of piperidine rings is 1. The van der Waals surface area contributed by atoms with E-state index in [2.05, 4.69) is 37.2 Å². The molecule has 2 unspecified atom stereocenters. The zero-order chi connectivity index (χ0) is 14.8. The summed E-state index contributed by atoms with van der Waals surface area (Å²) in [5.41, 5.74) is 1.20. The summed E-state index contributed by atoms with van der Waals surface area (Å²) >= 11 is 0. The van der Waals surface area contributed by atoms with E-state index in [1.165, 1.54) is 31.4 Å². The van der Waals surface area contributed by atoms with E-state index < -0.39 is 0 Å². The van der Waals surface area contributed by atoms with Crippen molar-refractivity contribution in [1.82, 2.24) is 14.9 Å². The van der Waals surface area contributed by atoms with Gasteiger partial charge < -0.3 is 10.2 Å². The summed E-state index contributed by atoms with van der Waals surface area (Å²) < 4.78 is 0. The quantitative estimate of drug-likeness (QED) is 0.903. The topological polar surface area (TPSA) is 41.1 Å². The molecule has 2 saturated heterocycles. The molecule has 3 heterocycles. The lowest BCUT2D eigenvalue weighted by molar-refractivity contribution is 0.159. The van der Waals surface area contributed by atoms with Gasteiger partial charge in [0.25, 0.3) is 0 Å². The molecule has 2 aliphatic heterocycles. The molecule has 0 aliphatic carbocycles. The molecular weight excluding hydrogens is 260 g/mol. The average molecular weight is 288 g/mol. The lowest BCUT2D eigenvalue weighted by atomic mass is 9.90. The van der Waals surface area contributed by atoms with Crippen molar-refractivity contribution in [2.75, 3.05) is 18.9 Å². The van der Waals surface area contributed by atoms with Gasteiger partial charge in [0.05, 0.1) is 0 Å². The Balaban J connectivity index is 1.83. The first-order chi connectivity index (χ1) is 10.2. The van der Waals surface area contributed by atoms with Crippen molar-refractivity contribution in [2.45, 2.75) is 70.4 Å². The van der Waals surface area contributed by atoms with E-state index in [9.17, 15) is 0 Å². The second-order valence-corrected chi connectivity index (χ2v) is 6.60. The van der Waals surface area contributed by atoms with Crippen LogP contribution < -0.4 is 5.32 Å². The van der Waals surface area contributed by atoms with Crippen LogP contribution >= 0.6 is 0 Å². The van der Waals surface area contributed by atoms with Crippen LogP contribution in [0.4, 0.5) is 5.82 Å². The maximum Gasteiger partial charge on any atom is 0.134 e. The van der Waals surface area contributed by atoms with E-state index in [0.29, 0.717) is 5.92 Å². The molecule has 0 aromatic carbocycles. The van der Waals surface area contributed by atoms with Crippen molar-refractivity contribution >= 4 is 5.82 Å². The van der Waals surface area contributed by atoms with Crippen LogP contribution in [0.1, 0.15) is 63.4 Å². The Morgan fingerprint density at radius 1 is 1.19 bits per heavy atom. The largest absolute Gasteiger partial charge is 0.370 e. The van der Waals surface area contributed by atoms with Gasteiger partial charge in [0.2, 0.25) is 0 Å². The van der Waals surface area contributed by atoms with Crippen LogP contribution in [0.2, 0.25) is 0 Å². The Labute approximate surface area is 128 Å². The Bertz CT molecular complexity index is 449. The molecule has 3 rings (SSSR count). The van der Waals surface area contributed by atoms with Gasteiger partial charge in [-0.25, -0.2) is 9.97 Å². The maximum atomic E-state index is 4.88. The van der Waals surface area contributed by atoms with Crippen LogP contribution in [0, 0.1) is 0 Å². The fraction of sp³-hybridized carbons (Fsp3) is 0.765. The molecule has 4 heteroatoms. The number of aromatic nitrogens is 2. The first-order valence-electron chi connectivity index (χ1n) is 8.54. The molecular formula is C17H28N4. The van der Waals surface area contributed by atoms with E-state index in [-0.39, 0.29) is 0 Å². The zero-order valence-electron chi connectivity index (χ0n) is 13.6. The molecule has 2 fully saturated rings.